The number of furan rings is 1. The normalized spacial score (nSPS) is 23.5. The third-order valence-electron chi connectivity index (χ3n) is 5.09. The number of hydrogen-bond acceptors (Lipinski definition) is 4. The van der Waals surface area contributed by atoms with Crippen molar-refractivity contribution in [3.63, 3.8) is 0 Å². The molecule has 1 aromatic heterocycles. The Morgan fingerprint density at radius 1 is 1.28 bits per heavy atom. The van der Waals surface area contributed by atoms with Gasteiger partial charge in [-0.05, 0) is 31.5 Å². The Balaban J connectivity index is 1.17. The molecule has 0 saturated carbocycles. The quantitative estimate of drug-likeness (QED) is 0.873. The topological polar surface area (TPSA) is 66.7 Å². The van der Waals surface area contributed by atoms with Crippen molar-refractivity contribution in [2.75, 3.05) is 32.8 Å². The van der Waals surface area contributed by atoms with Gasteiger partial charge < -0.3 is 19.8 Å². The SMILES string of the molecule is O=C(NCCc1cc2ccccc2o1)NC[C@@H]1CN2CCC[C@@H]2CO1. The van der Waals surface area contributed by atoms with E-state index in [2.05, 4.69) is 15.5 Å². The van der Waals surface area contributed by atoms with Crippen LogP contribution in [-0.4, -0.2) is 55.9 Å². The molecular weight excluding hydrogens is 318 g/mol. The summed E-state index contributed by atoms with van der Waals surface area (Å²) in [4.78, 5) is 14.4. The molecule has 0 unspecified atom stereocenters. The van der Waals surface area contributed by atoms with Gasteiger partial charge in [0.05, 0.1) is 12.7 Å². The van der Waals surface area contributed by atoms with Gasteiger partial charge in [-0.25, -0.2) is 4.79 Å². The first kappa shape index (κ1) is 16.4. The zero-order valence-corrected chi connectivity index (χ0v) is 14.4. The molecule has 0 radical (unpaired) electrons. The van der Waals surface area contributed by atoms with Gasteiger partial charge >= 0.3 is 6.03 Å². The van der Waals surface area contributed by atoms with Crippen molar-refractivity contribution in [3.05, 3.63) is 36.1 Å². The number of urea groups is 1. The number of fused-ring (bicyclic) bond motifs is 2. The number of amides is 2. The fraction of sp³-hybridized carbons (Fsp3) is 0.526. The van der Waals surface area contributed by atoms with Gasteiger partial charge in [0, 0.05) is 37.5 Å². The average molecular weight is 343 g/mol. The lowest BCUT2D eigenvalue weighted by Gasteiger charge is -2.35. The summed E-state index contributed by atoms with van der Waals surface area (Å²) in [6, 6.07) is 10.4. The molecule has 2 aliphatic heterocycles. The number of para-hydroxylation sites is 1. The number of ether oxygens (including phenoxy) is 1. The summed E-state index contributed by atoms with van der Waals surface area (Å²) >= 11 is 0. The van der Waals surface area contributed by atoms with Crippen molar-refractivity contribution >= 4 is 17.0 Å². The van der Waals surface area contributed by atoms with Crippen LogP contribution in [0, 0.1) is 0 Å². The second kappa shape index (κ2) is 7.45. The van der Waals surface area contributed by atoms with Gasteiger partial charge in [0.15, 0.2) is 0 Å². The van der Waals surface area contributed by atoms with Crippen molar-refractivity contribution in [1.82, 2.24) is 15.5 Å². The molecule has 2 amide bonds. The third-order valence-corrected chi connectivity index (χ3v) is 5.09. The number of morpholine rings is 1. The van der Waals surface area contributed by atoms with Crippen LogP contribution < -0.4 is 10.6 Å². The van der Waals surface area contributed by atoms with Crippen LogP contribution in [0.25, 0.3) is 11.0 Å². The molecule has 134 valence electrons. The van der Waals surface area contributed by atoms with Crippen LogP contribution in [0.3, 0.4) is 0 Å². The first-order chi connectivity index (χ1) is 12.3. The third kappa shape index (κ3) is 3.96. The zero-order chi connectivity index (χ0) is 17.1. The molecule has 2 fully saturated rings. The maximum atomic E-state index is 12.0. The van der Waals surface area contributed by atoms with Crippen LogP contribution in [0.2, 0.25) is 0 Å². The van der Waals surface area contributed by atoms with E-state index >= 15 is 0 Å². The Hall–Kier alpha value is -2.05. The smallest absolute Gasteiger partial charge is 0.314 e. The van der Waals surface area contributed by atoms with Gasteiger partial charge in [-0.15, -0.1) is 0 Å². The second-order valence-electron chi connectivity index (χ2n) is 6.88. The fourth-order valence-corrected chi connectivity index (χ4v) is 3.74. The summed E-state index contributed by atoms with van der Waals surface area (Å²) in [5.74, 6) is 0.886. The minimum Gasteiger partial charge on any atom is -0.461 e. The van der Waals surface area contributed by atoms with E-state index in [4.69, 9.17) is 9.15 Å². The van der Waals surface area contributed by atoms with Crippen LogP contribution in [-0.2, 0) is 11.2 Å². The predicted molar refractivity (Wildman–Crippen MR) is 95.7 cm³/mol. The van der Waals surface area contributed by atoms with E-state index in [0.717, 1.165) is 36.4 Å². The largest absolute Gasteiger partial charge is 0.461 e. The van der Waals surface area contributed by atoms with Crippen LogP contribution in [0.5, 0.6) is 0 Å². The standard InChI is InChI=1S/C19H25N3O3/c23-19(21-11-17-12-22-9-3-5-15(22)13-24-17)20-8-7-16-10-14-4-1-2-6-18(14)25-16/h1-2,4,6,10,15,17H,3,5,7-9,11-13H2,(H2,20,21,23)/t15-,17-/m1/s1. The van der Waals surface area contributed by atoms with Gasteiger partial charge in [0.1, 0.15) is 11.3 Å². The Kier molecular flexibility index (Phi) is 4.90. The highest BCUT2D eigenvalue weighted by Gasteiger charge is 2.32. The van der Waals surface area contributed by atoms with Gasteiger partial charge in [-0.2, -0.15) is 0 Å². The van der Waals surface area contributed by atoms with Crippen molar-refractivity contribution in [2.24, 2.45) is 0 Å². The molecule has 0 spiro atoms. The van der Waals surface area contributed by atoms with E-state index < -0.39 is 0 Å². The molecule has 0 aliphatic carbocycles. The molecule has 2 aliphatic rings. The van der Waals surface area contributed by atoms with Crippen molar-refractivity contribution in [3.8, 4) is 0 Å². The van der Waals surface area contributed by atoms with Gasteiger partial charge in [-0.3, -0.25) is 4.90 Å². The summed E-state index contributed by atoms with van der Waals surface area (Å²) in [5.41, 5.74) is 0.886. The number of benzene rings is 1. The maximum Gasteiger partial charge on any atom is 0.314 e. The molecule has 2 atom stereocenters. The molecule has 3 heterocycles. The molecule has 6 heteroatoms. The van der Waals surface area contributed by atoms with Crippen LogP contribution in [0.4, 0.5) is 4.79 Å². The Labute approximate surface area is 147 Å². The molecule has 4 rings (SSSR count). The highest BCUT2D eigenvalue weighted by atomic mass is 16.5. The first-order valence-corrected chi connectivity index (χ1v) is 9.13. The number of carbonyl (C=O) groups excluding carboxylic acids is 1. The summed E-state index contributed by atoms with van der Waals surface area (Å²) in [6.07, 6.45) is 3.27. The minimum absolute atomic E-state index is 0.0930. The molecular formula is C19H25N3O3. The fourth-order valence-electron chi connectivity index (χ4n) is 3.74. The molecule has 1 aromatic carbocycles. The maximum absolute atomic E-state index is 12.0. The number of nitrogens with one attached hydrogen (secondary N) is 2. The van der Waals surface area contributed by atoms with Gasteiger partial charge in [0.2, 0.25) is 0 Å². The van der Waals surface area contributed by atoms with Crippen LogP contribution in [0.1, 0.15) is 18.6 Å². The summed E-state index contributed by atoms with van der Waals surface area (Å²) in [5, 5.41) is 6.89. The number of nitrogens with zero attached hydrogens (tertiary/aromatic N) is 1. The lowest BCUT2D eigenvalue weighted by molar-refractivity contribution is -0.0457. The van der Waals surface area contributed by atoms with E-state index in [-0.39, 0.29) is 12.1 Å². The van der Waals surface area contributed by atoms with E-state index in [1.54, 1.807) is 0 Å². The average Bonchev–Trinajstić information content (AvgIpc) is 3.25. The van der Waals surface area contributed by atoms with Crippen molar-refractivity contribution in [2.45, 2.75) is 31.4 Å². The summed E-state index contributed by atoms with van der Waals surface area (Å²) < 4.78 is 11.6. The summed E-state index contributed by atoms with van der Waals surface area (Å²) in [6.45, 7) is 3.98. The van der Waals surface area contributed by atoms with Crippen molar-refractivity contribution < 1.29 is 13.9 Å². The van der Waals surface area contributed by atoms with Crippen molar-refractivity contribution in [1.29, 1.82) is 0 Å². The number of hydrogen-bond donors (Lipinski definition) is 2. The molecule has 2 saturated heterocycles. The number of rotatable bonds is 5. The van der Waals surface area contributed by atoms with E-state index in [0.29, 0.717) is 25.6 Å². The lowest BCUT2D eigenvalue weighted by atomic mass is 10.2. The highest BCUT2D eigenvalue weighted by Crippen LogP contribution is 2.22. The Morgan fingerprint density at radius 2 is 2.20 bits per heavy atom. The highest BCUT2D eigenvalue weighted by molar-refractivity contribution is 5.77. The summed E-state index contributed by atoms with van der Waals surface area (Å²) in [7, 11) is 0. The lowest BCUT2D eigenvalue weighted by Crippen LogP contribution is -2.51. The molecule has 6 nitrogen and oxygen atoms in total. The molecule has 2 N–H and O–H groups in total. The van der Waals surface area contributed by atoms with Gasteiger partial charge in [0.25, 0.3) is 0 Å². The van der Waals surface area contributed by atoms with E-state index in [1.807, 2.05) is 30.3 Å². The van der Waals surface area contributed by atoms with E-state index in [1.165, 1.54) is 12.8 Å². The number of carbonyl (C=O) groups is 1. The molecule has 0 bridgehead atoms. The molecule has 25 heavy (non-hydrogen) atoms. The monoisotopic (exact) mass is 343 g/mol. The minimum atomic E-state index is -0.150. The van der Waals surface area contributed by atoms with Crippen LogP contribution >= 0.6 is 0 Å². The Bertz CT molecular complexity index is 697. The first-order valence-electron chi connectivity index (χ1n) is 9.13. The predicted octanol–water partition coefficient (Wildman–Crippen LogP) is 2.14. The Morgan fingerprint density at radius 3 is 3.12 bits per heavy atom. The van der Waals surface area contributed by atoms with Gasteiger partial charge in [-0.1, -0.05) is 18.2 Å². The second-order valence-corrected chi connectivity index (χ2v) is 6.88. The zero-order valence-electron chi connectivity index (χ0n) is 14.4. The van der Waals surface area contributed by atoms with E-state index in [9.17, 15) is 4.79 Å². The molecule has 2 aromatic rings. The van der Waals surface area contributed by atoms with Crippen LogP contribution in [0.15, 0.2) is 34.7 Å².